The lowest BCUT2D eigenvalue weighted by Crippen LogP contribution is -2.03. The average Bonchev–Trinajstić information content (AvgIpc) is 3.36. The summed E-state index contributed by atoms with van der Waals surface area (Å²) in [6.45, 7) is 6.08. The van der Waals surface area contributed by atoms with Crippen molar-refractivity contribution >= 4 is 34.3 Å². The van der Waals surface area contributed by atoms with Crippen LogP contribution in [-0.2, 0) is 0 Å². The van der Waals surface area contributed by atoms with Crippen molar-refractivity contribution < 1.29 is 0 Å². The summed E-state index contributed by atoms with van der Waals surface area (Å²) in [5.74, 6) is 0. The molecule has 158 valence electrons. The predicted molar refractivity (Wildman–Crippen MR) is 133 cm³/mol. The van der Waals surface area contributed by atoms with E-state index in [4.69, 9.17) is 0 Å². The van der Waals surface area contributed by atoms with Crippen LogP contribution in [0, 0.1) is 6.92 Å². The molecule has 5 heterocycles. The van der Waals surface area contributed by atoms with Gasteiger partial charge in [0.2, 0.25) is 0 Å². The second-order valence-corrected chi connectivity index (χ2v) is 7.80. The van der Waals surface area contributed by atoms with Crippen LogP contribution in [0.2, 0.25) is 0 Å². The highest BCUT2D eigenvalue weighted by atomic mass is 15.1. The predicted octanol–water partition coefficient (Wildman–Crippen LogP) is 6.07. The zero-order valence-electron chi connectivity index (χ0n) is 18.1. The van der Waals surface area contributed by atoms with Crippen molar-refractivity contribution in [1.29, 1.82) is 0 Å². The maximum atomic E-state index is 4.68. The first-order chi connectivity index (χ1) is 16.3. The summed E-state index contributed by atoms with van der Waals surface area (Å²) in [6, 6.07) is 20.5. The quantitative estimate of drug-likeness (QED) is 0.320. The second-order valence-electron chi connectivity index (χ2n) is 7.80. The number of pyridine rings is 3. The normalized spacial score (nSPS) is 11.3. The van der Waals surface area contributed by atoms with Crippen LogP contribution in [0.3, 0.4) is 0 Å². The average molecular weight is 428 g/mol. The number of hydrogen-bond acceptors (Lipinski definition) is 4. The summed E-state index contributed by atoms with van der Waals surface area (Å²) >= 11 is 0. The van der Waals surface area contributed by atoms with Gasteiger partial charge in [0.25, 0.3) is 0 Å². The molecule has 0 bridgehead atoms. The number of rotatable bonds is 4. The van der Waals surface area contributed by atoms with E-state index in [-0.39, 0.29) is 0 Å². The van der Waals surface area contributed by atoms with E-state index in [1.807, 2.05) is 42.7 Å². The third-order valence-corrected chi connectivity index (χ3v) is 6.05. The first-order valence-electron chi connectivity index (χ1n) is 10.7. The molecular weight excluding hydrogens is 408 g/mol. The zero-order valence-corrected chi connectivity index (χ0v) is 18.1. The van der Waals surface area contributed by atoms with Crippen molar-refractivity contribution in [3.63, 3.8) is 0 Å². The number of benzene rings is 1. The molecule has 5 aromatic heterocycles. The SMILES string of the molecule is C=Nc1c(-c2c(C)c3ccccc3n2-c2ccncc2)n(-c2ccncc2)c2cccnc12. The molecule has 0 aliphatic rings. The van der Waals surface area contributed by atoms with Gasteiger partial charge < -0.3 is 9.13 Å². The molecule has 6 rings (SSSR count). The second kappa shape index (κ2) is 7.53. The Morgan fingerprint density at radius 3 is 1.97 bits per heavy atom. The fourth-order valence-electron chi connectivity index (χ4n) is 4.67. The molecule has 0 aliphatic carbocycles. The Hall–Kier alpha value is -4.58. The summed E-state index contributed by atoms with van der Waals surface area (Å²) in [6.07, 6.45) is 9.02. The van der Waals surface area contributed by atoms with Gasteiger partial charge in [0.1, 0.15) is 11.2 Å². The number of aromatic nitrogens is 5. The third-order valence-electron chi connectivity index (χ3n) is 6.05. The van der Waals surface area contributed by atoms with Gasteiger partial charge in [-0.1, -0.05) is 18.2 Å². The minimum absolute atomic E-state index is 0.753. The highest BCUT2D eigenvalue weighted by molar-refractivity contribution is 6.03. The van der Waals surface area contributed by atoms with Crippen LogP contribution in [0.15, 0.2) is 96.6 Å². The van der Waals surface area contributed by atoms with Gasteiger partial charge in [-0.15, -0.1) is 0 Å². The summed E-state index contributed by atoms with van der Waals surface area (Å²) in [4.78, 5) is 17.6. The van der Waals surface area contributed by atoms with Crippen molar-refractivity contribution in [2.75, 3.05) is 0 Å². The molecule has 33 heavy (non-hydrogen) atoms. The molecule has 6 aromatic rings. The molecule has 0 aliphatic heterocycles. The summed E-state index contributed by atoms with van der Waals surface area (Å²) in [5, 5.41) is 1.18. The minimum atomic E-state index is 0.753. The van der Waals surface area contributed by atoms with Gasteiger partial charge in [0, 0.05) is 47.7 Å². The van der Waals surface area contributed by atoms with Crippen molar-refractivity contribution in [3.05, 3.63) is 97.2 Å². The van der Waals surface area contributed by atoms with Gasteiger partial charge in [-0.05, 0) is 61.7 Å². The highest BCUT2D eigenvalue weighted by Gasteiger charge is 2.26. The van der Waals surface area contributed by atoms with Crippen molar-refractivity contribution in [2.24, 2.45) is 4.99 Å². The van der Waals surface area contributed by atoms with Gasteiger partial charge in [-0.3, -0.25) is 19.9 Å². The monoisotopic (exact) mass is 428 g/mol. The Labute approximate surface area is 190 Å². The fraction of sp³-hybridized carbons (Fsp3) is 0.0370. The summed E-state index contributed by atoms with van der Waals surface area (Å²) in [7, 11) is 0. The number of hydrogen-bond donors (Lipinski definition) is 0. The first kappa shape index (κ1) is 19.1. The molecule has 0 saturated carbocycles. The molecule has 0 N–H and O–H groups in total. The van der Waals surface area contributed by atoms with Gasteiger partial charge in [-0.25, -0.2) is 0 Å². The van der Waals surface area contributed by atoms with Gasteiger partial charge in [0.05, 0.1) is 22.4 Å². The van der Waals surface area contributed by atoms with E-state index in [0.29, 0.717) is 0 Å². The molecule has 0 atom stereocenters. The van der Waals surface area contributed by atoms with E-state index in [1.165, 1.54) is 5.39 Å². The largest absolute Gasteiger partial charge is 0.307 e. The first-order valence-corrected chi connectivity index (χ1v) is 10.7. The van der Waals surface area contributed by atoms with Gasteiger partial charge >= 0.3 is 0 Å². The van der Waals surface area contributed by atoms with Crippen LogP contribution in [-0.4, -0.2) is 30.8 Å². The van der Waals surface area contributed by atoms with Crippen molar-refractivity contribution in [3.8, 4) is 22.8 Å². The van der Waals surface area contributed by atoms with E-state index in [0.717, 1.165) is 50.6 Å². The van der Waals surface area contributed by atoms with Crippen LogP contribution in [0.1, 0.15) is 5.56 Å². The van der Waals surface area contributed by atoms with Crippen LogP contribution < -0.4 is 0 Å². The maximum Gasteiger partial charge on any atom is 0.116 e. The molecule has 0 amide bonds. The number of fused-ring (bicyclic) bond motifs is 2. The lowest BCUT2D eigenvalue weighted by molar-refractivity contribution is 1.05. The topological polar surface area (TPSA) is 60.9 Å². The van der Waals surface area contributed by atoms with Crippen LogP contribution in [0.4, 0.5) is 5.69 Å². The minimum Gasteiger partial charge on any atom is -0.307 e. The van der Waals surface area contributed by atoms with Gasteiger partial charge in [0.15, 0.2) is 0 Å². The van der Waals surface area contributed by atoms with Crippen LogP contribution in [0.5, 0.6) is 0 Å². The molecule has 0 fully saturated rings. The Balaban J connectivity index is 1.85. The summed E-state index contributed by atoms with van der Waals surface area (Å²) < 4.78 is 4.47. The molecule has 0 unspecified atom stereocenters. The van der Waals surface area contributed by atoms with Gasteiger partial charge in [-0.2, -0.15) is 0 Å². The Kier molecular flexibility index (Phi) is 4.36. The number of aliphatic imine (C=N–C) groups is 1. The standard InChI is InChI=1S/C27H20N6/c1-18-21-6-3-4-7-22(21)32(19-9-14-29-15-10-19)26(18)27-25(28-2)24-23(8-5-13-31-24)33(27)20-11-16-30-17-12-20/h3-17H,2H2,1H3. The lowest BCUT2D eigenvalue weighted by Gasteiger charge is -2.16. The summed E-state index contributed by atoms with van der Waals surface area (Å²) in [5.41, 5.74) is 8.80. The molecule has 0 saturated heterocycles. The fourth-order valence-corrected chi connectivity index (χ4v) is 4.67. The van der Waals surface area contributed by atoms with E-state index in [9.17, 15) is 0 Å². The smallest absolute Gasteiger partial charge is 0.116 e. The van der Waals surface area contributed by atoms with Crippen LogP contribution in [0.25, 0.3) is 44.7 Å². The molecule has 6 heteroatoms. The van der Waals surface area contributed by atoms with E-state index in [2.05, 4.69) is 73.1 Å². The number of para-hydroxylation sites is 1. The lowest BCUT2D eigenvalue weighted by atomic mass is 10.1. The Bertz CT molecular complexity index is 1630. The molecular formula is C27H20N6. The van der Waals surface area contributed by atoms with Crippen molar-refractivity contribution in [2.45, 2.75) is 6.92 Å². The molecule has 6 nitrogen and oxygen atoms in total. The number of nitrogens with zero attached hydrogens (tertiary/aromatic N) is 6. The van der Waals surface area contributed by atoms with E-state index >= 15 is 0 Å². The van der Waals surface area contributed by atoms with E-state index in [1.54, 1.807) is 18.6 Å². The number of aryl methyl sites for hydroxylation is 1. The molecule has 1 aromatic carbocycles. The van der Waals surface area contributed by atoms with E-state index < -0.39 is 0 Å². The Morgan fingerprint density at radius 1 is 0.697 bits per heavy atom. The molecule has 0 spiro atoms. The highest BCUT2D eigenvalue weighted by Crippen LogP contribution is 2.45. The van der Waals surface area contributed by atoms with Crippen molar-refractivity contribution in [1.82, 2.24) is 24.1 Å². The third kappa shape index (κ3) is 2.81. The Morgan fingerprint density at radius 2 is 1.30 bits per heavy atom. The van der Waals surface area contributed by atoms with Crippen LogP contribution >= 0.6 is 0 Å². The zero-order chi connectivity index (χ0) is 22.4. The molecule has 0 radical (unpaired) electrons. The maximum absolute atomic E-state index is 4.68.